The highest BCUT2D eigenvalue weighted by atomic mass is 16.1. The van der Waals surface area contributed by atoms with Crippen LogP contribution in [0.15, 0.2) is 72.9 Å². The first-order chi connectivity index (χ1) is 11.8. The second-order valence-electron chi connectivity index (χ2n) is 5.37. The van der Waals surface area contributed by atoms with Gasteiger partial charge in [0.1, 0.15) is 5.82 Å². The minimum Gasteiger partial charge on any atom is -0.306 e. The van der Waals surface area contributed by atoms with Gasteiger partial charge in [-0.3, -0.25) is 9.89 Å². The van der Waals surface area contributed by atoms with Gasteiger partial charge in [-0.25, -0.2) is 4.98 Å². The van der Waals surface area contributed by atoms with Crippen molar-refractivity contribution in [2.75, 3.05) is 5.32 Å². The summed E-state index contributed by atoms with van der Waals surface area (Å²) in [5, 5.41) is 10.5. The third-order valence-corrected chi connectivity index (χ3v) is 3.82. The van der Waals surface area contributed by atoms with E-state index in [1.807, 2.05) is 66.7 Å². The minimum absolute atomic E-state index is 0.191. The standard InChI is InChI=1S/C19H14N4O/c24-19(21-18-16-7-4-12-20-17(16)22-23-18)15-10-8-14(9-11-15)13-5-2-1-3-6-13/h1-12H,(H2,20,21,22,23,24). The fourth-order valence-corrected chi connectivity index (χ4v) is 2.58. The van der Waals surface area contributed by atoms with Crippen LogP contribution in [0, 0.1) is 0 Å². The van der Waals surface area contributed by atoms with Crippen LogP contribution in [-0.4, -0.2) is 21.1 Å². The van der Waals surface area contributed by atoms with E-state index in [4.69, 9.17) is 0 Å². The molecule has 0 saturated heterocycles. The molecule has 0 aliphatic carbocycles. The van der Waals surface area contributed by atoms with Crippen LogP contribution >= 0.6 is 0 Å². The summed E-state index contributed by atoms with van der Waals surface area (Å²) >= 11 is 0. The molecule has 24 heavy (non-hydrogen) atoms. The predicted octanol–water partition coefficient (Wildman–Crippen LogP) is 3.88. The number of carbonyl (C=O) groups is 1. The molecule has 0 fully saturated rings. The van der Waals surface area contributed by atoms with Gasteiger partial charge < -0.3 is 5.32 Å². The number of H-pyrrole nitrogens is 1. The van der Waals surface area contributed by atoms with E-state index in [1.54, 1.807) is 6.20 Å². The van der Waals surface area contributed by atoms with Crippen molar-refractivity contribution in [2.24, 2.45) is 0 Å². The molecule has 2 aromatic heterocycles. The summed E-state index contributed by atoms with van der Waals surface area (Å²) in [6.45, 7) is 0. The number of hydrogen-bond donors (Lipinski definition) is 2. The van der Waals surface area contributed by atoms with Crippen LogP contribution in [0.2, 0.25) is 0 Å². The summed E-state index contributed by atoms with van der Waals surface area (Å²) < 4.78 is 0. The maximum Gasteiger partial charge on any atom is 0.256 e. The molecular formula is C19H14N4O. The number of hydrogen-bond acceptors (Lipinski definition) is 3. The number of fused-ring (bicyclic) bond motifs is 1. The van der Waals surface area contributed by atoms with Gasteiger partial charge in [0, 0.05) is 11.8 Å². The lowest BCUT2D eigenvalue weighted by Crippen LogP contribution is -2.12. The van der Waals surface area contributed by atoms with Crippen molar-refractivity contribution < 1.29 is 4.79 Å². The van der Waals surface area contributed by atoms with E-state index in [2.05, 4.69) is 20.5 Å². The summed E-state index contributed by atoms with van der Waals surface area (Å²) in [5.74, 6) is 0.360. The zero-order valence-electron chi connectivity index (χ0n) is 12.7. The quantitative estimate of drug-likeness (QED) is 0.603. The van der Waals surface area contributed by atoms with Crippen molar-refractivity contribution in [3.8, 4) is 11.1 Å². The number of nitrogens with one attached hydrogen (secondary N) is 2. The van der Waals surface area contributed by atoms with Crippen LogP contribution in [0.4, 0.5) is 5.82 Å². The van der Waals surface area contributed by atoms with Crippen molar-refractivity contribution in [2.45, 2.75) is 0 Å². The van der Waals surface area contributed by atoms with Gasteiger partial charge in [-0.05, 0) is 35.4 Å². The highest BCUT2D eigenvalue weighted by Crippen LogP contribution is 2.21. The number of amides is 1. The lowest BCUT2D eigenvalue weighted by molar-refractivity contribution is 0.102. The first-order valence-electron chi connectivity index (χ1n) is 7.57. The molecule has 4 aromatic rings. The predicted molar refractivity (Wildman–Crippen MR) is 93.7 cm³/mol. The Balaban J connectivity index is 1.56. The van der Waals surface area contributed by atoms with Gasteiger partial charge in [-0.1, -0.05) is 42.5 Å². The molecule has 0 atom stereocenters. The smallest absolute Gasteiger partial charge is 0.256 e. The molecule has 5 nitrogen and oxygen atoms in total. The van der Waals surface area contributed by atoms with E-state index in [-0.39, 0.29) is 5.91 Å². The van der Waals surface area contributed by atoms with Crippen molar-refractivity contribution >= 4 is 22.8 Å². The van der Waals surface area contributed by atoms with E-state index < -0.39 is 0 Å². The highest BCUT2D eigenvalue weighted by molar-refractivity contribution is 6.07. The summed E-state index contributed by atoms with van der Waals surface area (Å²) in [5.41, 5.74) is 3.35. The van der Waals surface area contributed by atoms with E-state index in [0.717, 1.165) is 16.5 Å². The zero-order valence-corrected chi connectivity index (χ0v) is 12.7. The zero-order chi connectivity index (χ0) is 16.4. The molecule has 2 aromatic carbocycles. The van der Waals surface area contributed by atoms with Gasteiger partial charge in [0.05, 0.1) is 5.39 Å². The Morgan fingerprint density at radius 3 is 2.42 bits per heavy atom. The first-order valence-corrected chi connectivity index (χ1v) is 7.57. The number of carbonyl (C=O) groups excluding carboxylic acids is 1. The van der Waals surface area contributed by atoms with Gasteiger partial charge in [-0.15, -0.1) is 0 Å². The fourth-order valence-electron chi connectivity index (χ4n) is 2.58. The molecule has 2 heterocycles. The molecule has 0 unspecified atom stereocenters. The average molecular weight is 314 g/mol. The number of nitrogens with zero attached hydrogens (tertiary/aromatic N) is 2. The second-order valence-corrected chi connectivity index (χ2v) is 5.37. The van der Waals surface area contributed by atoms with Gasteiger partial charge in [0.25, 0.3) is 5.91 Å². The van der Waals surface area contributed by atoms with Crippen molar-refractivity contribution in [3.05, 3.63) is 78.5 Å². The average Bonchev–Trinajstić information content (AvgIpc) is 3.06. The molecule has 2 N–H and O–H groups in total. The molecule has 0 bridgehead atoms. The third kappa shape index (κ3) is 2.63. The first kappa shape index (κ1) is 14.1. The van der Waals surface area contributed by atoms with E-state index in [0.29, 0.717) is 17.0 Å². The molecule has 0 aliphatic heterocycles. The van der Waals surface area contributed by atoms with Gasteiger partial charge in [0.2, 0.25) is 0 Å². The number of anilines is 1. The Hall–Kier alpha value is -3.47. The number of benzene rings is 2. The Morgan fingerprint density at radius 1 is 0.875 bits per heavy atom. The molecule has 5 heteroatoms. The van der Waals surface area contributed by atoms with Crippen molar-refractivity contribution in [3.63, 3.8) is 0 Å². The molecule has 0 saturated carbocycles. The normalized spacial score (nSPS) is 10.7. The molecule has 0 aliphatic rings. The van der Waals surface area contributed by atoms with Gasteiger partial charge >= 0.3 is 0 Å². The molecule has 0 spiro atoms. The lowest BCUT2D eigenvalue weighted by atomic mass is 10.0. The maximum atomic E-state index is 12.4. The van der Waals surface area contributed by atoms with Crippen LogP contribution < -0.4 is 5.32 Å². The summed E-state index contributed by atoms with van der Waals surface area (Å²) in [6.07, 6.45) is 1.66. The van der Waals surface area contributed by atoms with Crippen molar-refractivity contribution in [1.29, 1.82) is 0 Å². The highest BCUT2D eigenvalue weighted by Gasteiger charge is 2.11. The van der Waals surface area contributed by atoms with E-state index in [9.17, 15) is 4.79 Å². The summed E-state index contributed by atoms with van der Waals surface area (Å²) in [4.78, 5) is 16.6. The maximum absolute atomic E-state index is 12.4. The van der Waals surface area contributed by atoms with Crippen molar-refractivity contribution in [1.82, 2.24) is 15.2 Å². The van der Waals surface area contributed by atoms with Crippen LogP contribution in [-0.2, 0) is 0 Å². The summed E-state index contributed by atoms with van der Waals surface area (Å²) in [7, 11) is 0. The lowest BCUT2D eigenvalue weighted by Gasteiger charge is -2.05. The minimum atomic E-state index is -0.191. The van der Waals surface area contributed by atoms with Crippen LogP contribution in [0.25, 0.3) is 22.2 Å². The fraction of sp³-hybridized carbons (Fsp3) is 0. The van der Waals surface area contributed by atoms with Crippen LogP contribution in [0.3, 0.4) is 0 Å². The molecule has 116 valence electrons. The Labute approximate surface area is 138 Å². The Kier molecular flexibility index (Phi) is 3.51. The largest absolute Gasteiger partial charge is 0.306 e. The number of aromatic nitrogens is 3. The molecular weight excluding hydrogens is 300 g/mol. The van der Waals surface area contributed by atoms with E-state index >= 15 is 0 Å². The monoisotopic (exact) mass is 314 g/mol. The Bertz CT molecular complexity index is 991. The molecule has 1 amide bonds. The number of pyridine rings is 1. The second kappa shape index (κ2) is 5.96. The molecule has 0 radical (unpaired) electrons. The van der Waals surface area contributed by atoms with Gasteiger partial charge in [-0.2, -0.15) is 5.10 Å². The van der Waals surface area contributed by atoms with E-state index in [1.165, 1.54) is 0 Å². The SMILES string of the molecule is O=C(Nc1[nH]nc2ncccc12)c1ccc(-c2ccccc2)cc1. The third-order valence-electron chi connectivity index (χ3n) is 3.82. The van der Waals surface area contributed by atoms with Gasteiger partial charge in [0.15, 0.2) is 5.65 Å². The van der Waals surface area contributed by atoms with Crippen LogP contribution in [0.1, 0.15) is 10.4 Å². The van der Waals surface area contributed by atoms with Crippen LogP contribution in [0.5, 0.6) is 0 Å². The Morgan fingerprint density at radius 2 is 1.62 bits per heavy atom. The summed E-state index contributed by atoms with van der Waals surface area (Å²) in [6, 6.07) is 21.2. The molecule has 4 rings (SSSR count). The number of rotatable bonds is 3. The topological polar surface area (TPSA) is 70.7 Å². The number of aromatic amines is 1.